The molecule has 0 aliphatic rings. The van der Waals surface area contributed by atoms with Crippen molar-refractivity contribution in [3.05, 3.63) is 108 Å². The van der Waals surface area contributed by atoms with E-state index in [-0.39, 0.29) is 0 Å². The third-order valence-electron chi connectivity index (χ3n) is 3.69. The summed E-state index contributed by atoms with van der Waals surface area (Å²) < 4.78 is 17.5. The first-order valence-corrected chi connectivity index (χ1v) is 8.37. The first-order chi connectivity index (χ1) is 12.4. The van der Waals surface area contributed by atoms with Crippen LogP contribution in [0.2, 0.25) is 0 Å². The summed E-state index contributed by atoms with van der Waals surface area (Å²) in [4.78, 5) is 0. The summed E-state index contributed by atoms with van der Waals surface area (Å²) in [5, 5.41) is 0. The second-order valence-corrected chi connectivity index (χ2v) is 5.68. The molecule has 3 aromatic carbocycles. The number of ether oxygens (including phenoxy) is 3. The van der Waals surface area contributed by atoms with Crippen LogP contribution in [0.1, 0.15) is 16.7 Å². The topological polar surface area (TPSA) is 27.7 Å². The third kappa shape index (κ3) is 6.16. The summed E-state index contributed by atoms with van der Waals surface area (Å²) in [5.74, 6) is 0. The summed E-state index contributed by atoms with van der Waals surface area (Å²) in [6.45, 7) is 0.597. The first kappa shape index (κ1) is 17.4. The lowest BCUT2D eigenvalue weighted by atomic mass is 10.2. The molecule has 0 radical (unpaired) electrons. The molecular weight excluding hydrogens is 312 g/mol. The molecule has 3 aromatic rings. The van der Waals surface area contributed by atoms with Crippen molar-refractivity contribution in [3.63, 3.8) is 0 Å². The fourth-order valence-corrected chi connectivity index (χ4v) is 2.36. The van der Waals surface area contributed by atoms with Gasteiger partial charge in [0.2, 0.25) is 0 Å². The minimum Gasteiger partial charge on any atom is -0.325 e. The number of rotatable bonds is 9. The van der Waals surface area contributed by atoms with E-state index in [1.54, 1.807) is 0 Å². The van der Waals surface area contributed by atoms with Gasteiger partial charge < -0.3 is 14.2 Å². The van der Waals surface area contributed by atoms with Crippen molar-refractivity contribution in [1.82, 2.24) is 0 Å². The molecule has 0 bridgehead atoms. The summed E-state index contributed by atoms with van der Waals surface area (Å²) in [6.07, 6.45) is 0. The van der Waals surface area contributed by atoms with E-state index in [9.17, 15) is 0 Å². The molecule has 0 saturated heterocycles. The van der Waals surface area contributed by atoms with E-state index in [0.717, 1.165) is 16.7 Å². The van der Waals surface area contributed by atoms with Gasteiger partial charge in [0.15, 0.2) is 0 Å². The average Bonchev–Trinajstić information content (AvgIpc) is 2.70. The SMILES string of the molecule is c1ccc(COC(OCc2ccccc2)OCc2ccccc2)cc1. The molecule has 3 heteroatoms. The number of hydrogen-bond donors (Lipinski definition) is 0. The molecule has 0 aromatic heterocycles. The monoisotopic (exact) mass is 334 g/mol. The summed E-state index contributed by atoms with van der Waals surface area (Å²) in [5.41, 5.74) is 3.25. The Morgan fingerprint density at radius 1 is 0.440 bits per heavy atom. The normalized spacial score (nSPS) is 10.9. The summed E-state index contributed by atoms with van der Waals surface area (Å²) in [6, 6.07) is 30.0. The Bertz CT molecular complexity index is 611. The van der Waals surface area contributed by atoms with Gasteiger partial charge in [0, 0.05) is 0 Å². The molecule has 0 aliphatic carbocycles. The van der Waals surface area contributed by atoms with Gasteiger partial charge in [-0.15, -0.1) is 0 Å². The Morgan fingerprint density at radius 3 is 1.00 bits per heavy atom. The van der Waals surface area contributed by atoms with Crippen molar-refractivity contribution in [2.75, 3.05) is 0 Å². The minimum atomic E-state index is -0.722. The van der Waals surface area contributed by atoms with Crippen LogP contribution in [0.3, 0.4) is 0 Å². The maximum Gasteiger partial charge on any atom is 0.272 e. The highest BCUT2D eigenvalue weighted by atomic mass is 16.8. The first-order valence-electron chi connectivity index (χ1n) is 8.37. The van der Waals surface area contributed by atoms with Crippen LogP contribution < -0.4 is 0 Å². The van der Waals surface area contributed by atoms with Crippen LogP contribution in [-0.4, -0.2) is 6.48 Å². The van der Waals surface area contributed by atoms with Crippen molar-refractivity contribution in [3.8, 4) is 0 Å². The largest absolute Gasteiger partial charge is 0.325 e. The maximum atomic E-state index is 5.83. The van der Waals surface area contributed by atoms with Crippen molar-refractivity contribution < 1.29 is 14.2 Å². The van der Waals surface area contributed by atoms with E-state index in [0.29, 0.717) is 19.8 Å². The van der Waals surface area contributed by atoms with Crippen LogP contribution in [0.4, 0.5) is 0 Å². The van der Waals surface area contributed by atoms with Gasteiger partial charge in [0.05, 0.1) is 19.8 Å². The molecule has 0 unspecified atom stereocenters. The van der Waals surface area contributed by atoms with E-state index in [4.69, 9.17) is 14.2 Å². The maximum absolute atomic E-state index is 5.83. The Hall–Kier alpha value is -2.46. The fourth-order valence-electron chi connectivity index (χ4n) is 2.36. The smallest absolute Gasteiger partial charge is 0.272 e. The van der Waals surface area contributed by atoms with E-state index >= 15 is 0 Å². The Kier molecular flexibility index (Phi) is 6.77. The summed E-state index contributed by atoms with van der Waals surface area (Å²) >= 11 is 0. The van der Waals surface area contributed by atoms with Gasteiger partial charge >= 0.3 is 0 Å². The van der Waals surface area contributed by atoms with Crippen molar-refractivity contribution >= 4 is 0 Å². The molecule has 0 heterocycles. The molecule has 0 atom stereocenters. The second-order valence-electron chi connectivity index (χ2n) is 5.68. The zero-order chi connectivity index (χ0) is 17.2. The van der Waals surface area contributed by atoms with Crippen LogP contribution in [-0.2, 0) is 34.0 Å². The van der Waals surface area contributed by atoms with Crippen molar-refractivity contribution in [1.29, 1.82) is 0 Å². The van der Waals surface area contributed by atoms with Crippen LogP contribution in [0.25, 0.3) is 0 Å². The molecule has 3 nitrogen and oxygen atoms in total. The van der Waals surface area contributed by atoms with E-state index in [1.807, 2.05) is 91.0 Å². The Morgan fingerprint density at radius 2 is 0.720 bits per heavy atom. The number of benzene rings is 3. The fraction of sp³-hybridized carbons (Fsp3) is 0.182. The van der Waals surface area contributed by atoms with Gasteiger partial charge in [0.25, 0.3) is 6.48 Å². The van der Waals surface area contributed by atoms with Gasteiger partial charge in [-0.2, -0.15) is 0 Å². The predicted molar refractivity (Wildman–Crippen MR) is 97.5 cm³/mol. The molecule has 0 saturated carbocycles. The van der Waals surface area contributed by atoms with Crippen LogP contribution in [0.15, 0.2) is 91.0 Å². The standard InChI is InChI=1S/C22H22O3/c1-4-10-19(11-5-1)16-23-22(24-17-20-12-6-2-7-13-20)25-18-21-14-8-3-9-15-21/h1-15,22H,16-18H2. The highest BCUT2D eigenvalue weighted by Crippen LogP contribution is 2.11. The van der Waals surface area contributed by atoms with Gasteiger partial charge in [0.1, 0.15) is 0 Å². The number of hydrogen-bond acceptors (Lipinski definition) is 3. The average molecular weight is 334 g/mol. The summed E-state index contributed by atoms with van der Waals surface area (Å²) in [7, 11) is 0. The minimum absolute atomic E-state index is 0.440. The van der Waals surface area contributed by atoms with Gasteiger partial charge in [-0.1, -0.05) is 91.0 Å². The molecule has 0 aliphatic heterocycles. The molecule has 3 rings (SSSR count). The highest BCUT2D eigenvalue weighted by molar-refractivity contribution is 5.15. The Labute approximate surface area is 148 Å². The van der Waals surface area contributed by atoms with E-state index in [1.165, 1.54) is 0 Å². The zero-order valence-electron chi connectivity index (χ0n) is 14.1. The van der Waals surface area contributed by atoms with Gasteiger partial charge in [-0.3, -0.25) is 0 Å². The quantitative estimate of drug-likeness (QED) is 0.520. The lowest BCUT2D eigenvalue weighted by Crippen LogP contribution is -2.21. The van der Waals surface area contributed by atoms with Crippen LogP contribution in [0.5, 0.6) is 0 Å². The van der Waals surface area contributed by atoms with Crippen LogP contribution in [0, 0.1) is 0 Å². The Balaban J connectivity index is 1.56. The molecule has 0 spiro atoms. The highest BCUT2D eigenvalue weighted by Gasteiger charge is 2.11. The lowest BCUT2D eigenvalue weighted by Gasteiger charge is -2.19. The van der Waals surface area contributed by atoms with Gasteiger partial charge in [-0.25, -0.2) is 0 Å². The van der Waals surface area contributed by atoms with Gasteiger partial charge in [-0.05, 0) is 16.7 Å². The molecular formula is C22H22O3. The molecule has 0 fully saturated rings. The predicted octanol–water partition coefficient (Wildman–Crippen LogP) is 4.92. The zero-order valence-corrected chi connectivity index (χ0v) is 14.1. The molecule has 0 N–H and O–H groups in total. The van der Waals surface area contributed by atoms with E-state index < -0.39 is 6.48 Å². The molecule has 25 heavy (non-hydrogen) atoms. The van der Waals surface area contributed by atoms with Crippen molar-refractivity contribution in [2.24, 2.45) is 0 Å². The van der Waals surface area contributed by atoms with E-state index in [2.05, 4.69) is 0 Å². The molecule has 0 amide bonds. The third-order valence-corrected chi connectivity index (χ3v) is 3.69. The lowest BCUT2D eigenvalue weighted by molar-refractivity contribution is -0.302. The van der Waals surface area contributed by atoms with Crippen LogP contribution >= 0.6 is 0 Å². The molecule has 128 valence electrons. The second kappa shape index (κ2) is 9.74. The van der Waals surface area contributed by atoms with Crippen molar-refractivity contribution in [2.45, 2.75) is 26.3 Å².